The minimum absolute atomic E-state index is 0.135. The molecule has 0 bridgehead atoms. The monoisotopic (exact) mass is 302 g/mol. The fourth-order valence-corrected chi connectivity index (χ4v) is 4.05. The Morgan fingerprint density at radius 1 is 1.18 bits per heavy atom. The summed E-state index contributed by atoms with van der Waals surface area (Å²) in [5.41, 5.74) is 1.75. The van der Waals surface area contributed by atoms with Crippen LogP contribution in [0.25, 0.3) is 0 Å². The zero-order valence-corrected chi connectivity index (χ0v) is 14.4. The highest BCUT2D eigenvalue weighted by Gasteiger charge is 2.38. The van der Waals surface area contributed by atoms with Crippen molar-refractivity contribution in [3.63, 3.8) is 0 Å². The molecule has 0 aromatic heterocycles. The smallest absolute Gasteiger partial charge is 0.311 e. The third kappa shape index (κ3) is 3.71. The summed E-state index contributed by atoms with van der Waals surface area (Å²) >= 11 is 0. The van der Waals surface area contributed by atoms with Gasteiger partial charge in [0.1, 0.15) is 5.75 Å². The summed E-state index contributed by atoms with van der Waals surface area (Å²) in [5.74, 6) is 1.27. The number of carbonyl (C=O) groups excluding carboxylic acids is 1. The van der Waals surface area contributed by atoms with Crippen LogP contribution in [0.15, 0.2) is 24.3 Å². The molecule has 0 saturated heterocycles. The van der Waals surface area contributed by atoms with Gasteiger partial charge in [0, 0.05) is 6.42 Å². The van der Waals surface area contributed by atoms with E-state index in [1.54, 1.807) is 0 Å². The highest BCUT2D eigenvalue weighted by Crippen LogP contribution is 2.47. The SMILES string of the molecule is CCCC(=O)Oc1ccc([C@]2(CCC)CCCC[C@@H]2C)cc1. The van der Waals surface area contributed by atoms with Crippen molar-refractivity contribution < 1.29 is 9.53 Å². The molecule has 0 heterocycles. The number of rotatable bonds is 6. The van der Waals surface area contributed by atoms with Crippen LogP contribution in [0.4, 0.5) is 0 Å². The first-order valence-electron chi connectivity index (χ1n) is 8.93. The molecular weight excluding hydrogens is 272 g/mol. The molecule has 2 rings (SSSR count). The van der Waals surface area contributed by atoms with Crippen molar-refractivity contribution in [2.45, 2.75) is 77.6 Å². The van der Waals surface area contributed by atoms with Gasteiger partial charge in [-0.2, -0.15) is 0 Å². The molecule has 2 nitrogen and oxygen atoms in total. The lowest BCUT2D eigenvalue weighted by Crippen LogP contribution is -2.36. The Kier molecular flexibility index (Phi) is 6.05. The summed E-state index contributed by atoms with van der Waals surface area (Å²) in [6.45, 7) is 6.68. The van der Waals surface area contributed by atoms with E-state index in [0.29, 0.717) is 17.6 Å². The van der Waals surface area contributed by atoms with Crippen molar-refractivity contribution in [2.24, 2.45) is 5.92 Å². The number of benzene rings is 1. The largest absolute Gasteiger partial charge is 0.427 e. The molecule has 1 aliphatic carbocycles. The van der Waals surface area contributed by atoms with E-state index in [9.17, 15) is 4.79 Å². The van der Waals surface area contributed by atoms with Gasteiger partial charge >= 0.3 is 5.97 Å². The Balaban J connectivity index is 2.17. The third-order valence-electron chi connectivity index (χ3n) is 5.26. The molecule has 2 atom stereocenters. The van der Waals surface area contributed by atoms with Crippen molar-refractivity contribution in [1.82, 2.24) is 0 Å². The number of hydrogen-bond acceptors (Lipinski definition) is 2. The molecule has 1 aliphatic rings. The maximum absolute atomic E-state index is 11.6. The van der Waals surface area contributed by atoms with Gasteiger partial charge in [0.05, 0.1) is 0 Å². The first kappa shape index (κ1) is 17.1. The quantitative estimate of drug-likeness (QED) is 0.502. The zero-order valence-electron chi connectivity index (χ0n) is 14.4. The maximum Gasteiger partial charge on any atom is 0.311 e. The van der Waals surface area contributed by atoms with Gasteiger partial charge < -0.3 is 4.74 Å². The van der Waals surface area contributed by atoms with E-state index >= 15 is 0 Å². The standard InChI is InChI=1S/C20H30O2/c1-4-8-19(21)22-18-12-10-17(11-13-18)20(14-5-2)15-7-6-9-16(20)3/h10-13,16H,4-9,14-15H2,1-3H3/t16-,20+/m0/s1. The number of ether oxygens (including phenoxy) is 1. The van der Waals surface area contributed by atoms with Crippen molar-refractivity contribution in [2.75, 3.05) is 0 Å². The molecule has 1 fully saturated rings. The summed E-state index contributed by atoms with van der Waals surface area (Å²) in [5, 5.41) is 0. The molecule has 2 heteroatoms. The molecule has 22 heavy (non-hydrogen) atoms. The van der Waals surface area contributed by atoms with Gasteiger partial charge in [-0.05, 0) is 54.7 Å². The van der Waals surface area contributed by atoms with E-state index < -0.39 is 0 Å². The topological polar surface area (TPSA) is 26.3 Å². The Hall–Kier alpha value is -1.31. The summed E-state index contributed by atoms with van der Waals surface area (Å²) in [6, 6.07) is 8.32. The second-order valence-corrected chi connectivity index (χ2v) is 6.80. The van der Waals surface area contributed by atoms with Gasteiger partial charge in [0.25, 0.3) is 0 Å². The molecule has 1 saturated carbocycles. The number of esters is 1. The van der Waals surface area contributed by atoms with Crippen LogP contribution in [0.3, 0.4) is 0 Å². The Bertz CT molecular complexity index is 473. The Morgan fingerprint density at radius 3 is 2.50 bits per heavy atom. The molecule has 1 aromatic rings. The lowest BCUT2D eigenvalue weighted by molar-refractivity contribution is -0.134. The average molecular weight is 302 g/mol. The Morgan fingerprint density at radius 2 is 1.91 bits per heavy atom. The minimum atomic E-state index is -0.135. The van der Waals surface area contributed by atoms with Gasteiger partial charge in [0.15, 0.2) is 0 Å². The van der Waals surface area contributed by atoms with Gasteiger partial charge in [-0.1, -0.05) is 52.2 Å². The molecular formula is C20H30O2. The average Bonchev–Trinajstić information content (AvgIpc) is 2.51. The number of hydrogen-bond donors (Lipinski definition) is 0. The minimum Gasteiger partial charge on any atom is -0.427 e. The fraction of sp³-hybridized carbons (Fsp3) is 0.650. The maximum atomic E-state index is 11.6. The summed E-state index contributed by atoms with van der Waals surface area (Å²) in [7, 11) is 0. The van der Waals surface area contributed by atoms with Gasteiger partial charge in [-0.15, -0.1) is 0 Å². The van der Waals surface area contributed by atoms with Crippen molar-refractivity contribution in [1.29, 1.82) is 0 Å². The third-order valence-corrected chi connectivity index (χ3v) is 5.26. The fourth-order valence-electron chi connectivity index (χ4n) is 4.05. The van der Waals surface area contributed by atoms with Gasteiger partial charge in [0.2, 0.25) is 0 Å². The summed E-state index contributed by atoms with van der Waals surface area (Å²) in [6.07, 6.45) is 9.09. The predicted molar refractivity (Wildman–Crippen MR) is 91.2 cm³/mol. The molecule has 0 N–H and O–H groups in total. The predicted octanol–water partition coefficient (Wildman–Crippen LogP) is 5.64. The lowest BCUT2D eigenvalue weighted by Gasteiger charge is -2.43. The first-order valence-corrected chi connectivity index (χ1v) is 8.93. The van der Waals surface area contributed by atoms with Crippen LogP contribution in [0.5, 0.6) is 5.75 Å². The lowest BCUT2D eigenvalue weighted by atomic mass is 9.61. The van der Waals surface area contributed by atoms with Crippen LogP contribution >= 0.6 is 0 Å². The van der Waals surface area contributed by atoms with Gasteiger partial charge in [-0.25, -0.2) is 0 Å². The van der Waals surface area contributed by atoms with E-state index in [0.717, 1.165) is 12.3 Å². The van der Waals surface area contributed by atoms with Crippen LogP contribution in [0, 0.1) is 5.92 Å². The number of carbonyl (C=O) groups is 1. The molecule has 0 spiro atoms. The van der Waals surface area contributed by atoms with Crippen molar-refractivity contribution >= 4 is 5.97 Å². The first-order chi connectivity index (χ1) is 10.6. The molecule has 122 valence electrons. The van der Waals surface area contributed by atoms with Crippen LogP contribution in [-0.4, -0.2) is 5.97 Å². The highest BCUT2D eigenvalue weighted by molar-refractivity contribution is 5.72. The van der Waals surface area contributed by atoms with Gasteiger partial charge in [-0.3, -0.25) is 4.79 Å². The van der Waals surface area contributed by atoms with Crippen LogP contribution in [0.1, 0.15) is 77.7 Å². The van der Waals surface area contributed by atoms with E-state index in [2.05, 4.69) is 26.0 Å². The van der Waals surface area contributed by atoms with Crippen molar-refractivity contribution in [3.05, 3.63) is 29.8 Å². The normalized spacial score (nSPS) is 25.0. The van der Waals surface area contributed by atoms with Crippen LogP contribution in [-0.2, 0) is 10.2 Å². The highest BCUT2D eigenvalue weighted by atomic mass is 16.5. The van der Waals surface area contributed by atoms with E-state index in [4.69, 9.17) is 4.74 Å². The second kappa shape index (κ2) is 7.80. The summed E-state index contributed by atoms with van der Waals surface area (Å²) in [4.78, 5) is 11.6. The van der Waals surface area contributed by atoms with E-state index in [-0.39, 0.29) is 5.97 Å². The molecule has 0 aliphatic heterocycles. The summed E-state index contributed by atoms with van der Waals surface area (Å²) < 4.78 is 5.38. The van der Waals surface area contributed by atoms with Crippen LogP contribution < -0.4 is 4.74 Å². The molecule has 0 unspecified atom stereocenters. The molecule has 0 radical (unpaired) electrons. The Labute approximate surface area is 135 Å². The van der Waals surface area contributed by atoms with E-state index in [1.165, 1.54) is 44.1 Å². The van der Waals surface area contributed by atoms with E-state index in [1.807, 2.05) is 19.1 Å². The second-order valence-electron chi connectivity index (χ2n) is 6.80. The van der Waals surface area contributed by atoms with Crippen molar-refractivity contribution in [3.8, 4) is 5.75 Å². The molecule has 0 amide bonds. The molecule has 1 aromatic carbocycles. The van der Waals surface area contributed by atoms with Crippen LogP contribution in [0.2, 0.25) is 0 Å². The zero-order chi connectivity index (χ0) is 16.0.